The second-order valence-electron chi connectivity index (χ2n) is 5.54. The fourth-order valence-corrected chi connectivity index (χ4v) is 2.62. The quantitative estimate of drug-likeness (QED) is 0.520. The first-order chi connectivity index (χ1) is 11.3. The average molecular weight is 316 g/mol. The monoisotopic (exact) mass is 316 g/mol. The molecule has 0 saturated carbocycles. The summed E-state index contributed by atoms with van der Waals surface area (Å²) in [6, 6.07) is 9.35. The van der Waals surface area contributed by atoms with Crippen molar-refractivity contribution in [2.75, 3.05) is 6.61 Å². The lowest BCUT2D eigenvalue weighted by Gasteiger charge is -2.23. The highest BCUT2D eigenvalue weighted by atomic mass is 16.7. The molecular weight excluding hydrogens is 296 g/mol. The molecule has 0 spiro atoms. The van der Waals surface area contributed by atoms with Gasteiger partial charge >= 0.3 is 0 Å². The molecule has 3 rings (SSSR count). The van der Waals surface area contributed by atoms with E-state index in [0.29, 0.717) is 23.8 Å². The molecular formula is C17H20N2O4. The standard InChI is InChI=1S/C17H20N2O4/c1-12-10-15(19-23-12)17(18-20)14-7-3-2-6-13(14)11-22-16-8-4-5-9-21-16/h2-3,6-7,10,16,20H,4-5,8-9,11H2,1H3/b18-17-. The fourth-order valence-electron chi connectivity index (χ4n) is 2.62. The van der Waals surface area contributed by atoms with E-state index in [1.807, 2.05) is 24.3 Å². The Balaban J connectivity index is 1.79. The van der Waals surface area contributed by atoms with E-state index < -0.39 is 0 Å². The molecule has 122 valence electrons. The Labute approximate surface area is 134 Å². The van der Waals surface area contributed by atoms with E-state index in [1.54, 1.807) is 13.0 Å². The summed E-state index contributed by atoms with van der Waals surface area (Å²) in [5.74, 6) is 0.658. The number of hydrogen-bond donors (Lipinski definition) is 1. The van der Waals surface area contributed by atoms with Crippen LogP contribution in [0, 0.1) is 6.92 Å². The van der Waals surface area contributed by atoms with Gasteiger partial charge in [0, 0.05) is 18.2 Å². The summed E-state index contributed by atoms with van der Waals surface area (Å²) in [5, 5.41) is 16.8. The van der Waals surface area contributed by atoms with Crippen LogP contribution in [0.1, 0.15) is 41.8 Å². The van der Waals surface area contributed by atoms with E-state index >= 15 is 0 Å². The van der Waals surface area contributed by atoms with Crippen molar-refractivity contribution in [3.05, 3.63) is 52.9 Å². The fraction of sp³-hybridized carbons (Fsp3) is 0.412. The van der Waals surface area contributed by atoms with Crippen LogP contribution in [-0.2, 0) is 16.1 Å². The van der Waals surface area contributed by atoms with Gasteiger partial charge in [-0.2, -0.15) is 0 Å². The maximum Gasteiger partial charge on any atom is 0.158 e. The van der Waals surface area contributed by atoms with Crippen molar-refractivity contribution in [3.63, 3.8) is 0 Å². The molecule has 1 saturated heterocycles. The molecule has 0 amide bonds. The lowest BCUT2D eigenvalue weighted by Crippen LogP contribution is -2.22. The third-order valence-electron chi connectivity index (χ3n) is 3.81. The normalized spacial score (nSPS) is 19.0. The highest BCUT2D eigenvalue weighted by Gasteiger charge is 2.18. The summed E-state index contributed by atoms with van der Waals surface area (Å²) in [7, 11) is 0. The number of oxime groups is 1. The third kappa shape index (κ3) is 3.78. The molecule has 1 aliphatic rings. The molecule has 1 unspecified atom stereocenters. The molecule has 23 heavy (non-hydrogen) atoms. The first-order valence-electron chi connectivity index (χ1n) is 7.75. The first-order valence-corrected chi connectivity index (χ1v) is 7.75. The van der Waals surface area contributed by atoms with Gasteiger partial charge in [-0.25, -0.2) is 0 Å². The second-order valence-corrected chi connectivity index (χ2v) is 5.54. The predicted octanol–water partition coefficient (Wildman–Crippen LogP) is 3.25. The molecule has 1 aromatic carbocycles. The van der Waals surface area contributed by atoms with Gasteiger partial charge in [0.1, 0.15) is 17.2 Å². The Morgan fingerprint density at radius 2 is 2.26 bits per heavy atom. The molecule has 0 radical (unpaired) electrons. The SMILES string of the molecule is Cc1cc(/C(=N\O)c2ccccc2COC2CCCCO2)no1. The van der Waals surface area contributed by atoms with Crippen molar-refractivity contribution in [1.29, 1.82) is 0 Å². The zero-order chi connectivity index (χ0) is 16.1. The van der Waals surface area contributed by atoms with Crippen LogP contribution in [0.25, 0.3) is 0 Å². The van der Waals surface area contributed by atoms with Crippen molar-refractivity contribution in [3.8, 4) is 0 Å². The van der Waals surface area contributed by atoms with Gasteiger partial charge < -0.3 is 19.2 Å². The summed E-state index contributed by atoms with van der Waals surface area (Å²) < 4.78 is 16.5. The maximum absolute atomic E-state index is 9.42. The molecule has 1 atom stereocenters. The molecule has 6 heteroatoms. The van der Waals surface area contributed by atoms with Gasteiger partial charge in [-0.05, 0) is 31.7 Å². The van der Waals surface area contributed by atoms with E-state index in [2.05, 4.69) is 10.3 Å². The number of benzene rings is 1. The molecule has 0 bridgehead atoms. The van der Waals surface area contributed by atoms with Crippen LogP contribution in [0.3, 0.4) is 0 Å². The Morgan fingerprint density at radius 1 is 1.39 bits per heavy atom. The van der Waals surface area contributed by atoms with Crippen LogP contribution in [0.15, 0.2) is 40.0 Å². The van der Waals surface area contributed by atoms with Crippen molar-refractivity contribution in [2.24, 2.45) is 5.16 Å². The largest absolute Gasteiger partial charge is 0.410 e. The molecule has 1 aliphatic heterocycles. The molecule has 1 fully saturated rings. The van der Waals surface area contributed by atoms with Gasteiger partial charge in [-0.15, -0.1) is 0 Å². The van der Waals surface area contributed by atoms with Crippen LogP contribution in [0.5, 0.6) is 0 Å². The summed E-state index contributed by atoms with van der Waals surface area (Å²) in [4.78, 5) is 0. The van der Waals surface area contributed by atoms with Crippen LogP contribution in [0.2, 0.25) is 0 Å². The molecule has 2 aromatic rings. The summed E-state index contributed by atoms with van der Waals surface area (Å²) in [6.07, 6.45) is 2.95. The van der Waals surface area contributed by atoms with Crippen LogP contribution < -0.4 is 0 Å². The van der Waals surface area contributed by atoms with E-state index in [-0.39, 0.29) is 6.29 Å². The van der Waals surface area contributed by atoms with Crippen molar-refractivity contribution >= 4 is 5.71 Å². The van der Waals surface area contributed by atoms with Crippen LogP contribution in [-0.4, -0.2) is 29.0 Å². The summed E-state index contributed by atoms with van der Waals surface area (Å²) >= 11 is 0. The van der Waals surface area contributed by atoms with Gasteiger partial charge in [-0.3, -0.25) is 0 Å². The smallest absolute Gasteiger partial charge is 0.158 e. The van der Waals surface area contributed by atoms with Crippen LogP contribution >= 0.6 is 0 Å². The predicted molar refractivity (Wildman–Crippen MR) is 83.5 cm³/mol. The lowest BCUT2D eigenvalue weighted by atomic mass is 10.0. The average Bonchev–Trinajstić information content (AvgIpc) is 3.02. The molecule has 0 aliphatic carbocycles. The van der Waals surface area contributed by atoms with E-state index in [0.717, 1.165) is 37.0 Å². The van der Waals surface area contributed by atoms with Crippen LogP contribution in [0.4, 0.5) is 0 Å². The molecule has 1 aromatic heterocycles. The van der Waals surface area contributed by atoms with Gasteiger partial charge in [0.2, 0.25) is 0 Å². The third-order valence-corrected chi connectivity index (χ3v) is 3.81. The lowest BCUT2D eigenvalue weighted by molar-refractivity contribution is -0.168. The van der Waals surface area contributed by atoms with E-state index in [9.17, 15) is 5.21 Å². The minimum Gasteiger partial charge on any atom is -0.410 e. The van der Waals surface area contributed by atoms with Crippen molar-refractivity contribution < 1.29 is 19.2 Å². The Kier molecular flexibility index (Phi) is 5.05. The first kappa shape index (κ1) is 15.7. The maximum atomic E-state index is 9.42. The number of rotatable bonds is 5. The van der Waals surface area contributed by atoms with Crippen molar-refractivity contribution in [2.45, 2.75) is 39.1 Å². The minimum atomic E-state index is -0.166. The van der Waals surface area contributed by atoms with Gasteiger partial charge in [0.05, 0.1) is 6.61 Å². The number of aromatic nitrogens is 1. The second kappa shape index (κ2) is 7.39. The van der Waals surface area contributed by atoms with E-state index in [1.165, 1.54) is 0 Å². The number of hydrogen-bond acceptors (Lipinski definition) is 6. The van der Waals surface area contributed by atoms with E-state index in [4.69, 9.17) is 14.0 Å². The van der Waals surface area contributed by atoms with Gasteiger partial charge in [-0.1, -0.05) is 34.6 Å². The van der Waals surface area contributed by atoms with Gasteiger partial charge in [0.25, 0.3) is 0 Å². The highest BCUT2D eigenvalue weighted by molar-refractivity contribution is 6.12. The summed E-state index contributed by atoms with van der Waals surface area (Å²) in [5.41, 5.74) is 2.53. The number of ether oxygens (including phenoxy) is 2. The molecule has 2 heterocycles. The molecule has 6 nitrogen and oxygen atoms in total. The molecule has 1 N–H and O–H groups in total. The van der Waals surface area contributed by atoms with Gasteiger partial charge in [0.15, 0.2) is 6.29 Å². The topological polar surface area (TPSA) is 77.1 Å². The highest BCUT2D eigenvalue weighted by Crippen LogP contribution is 2.20. The summed E-state index contributed by atoms with van der Waals surface area (Å²) in [6.45, 7) is 2.92. The Hall–Kier alpha value is -2.18. The Morgan fingerprint density at radius 3 is 2.96 bits per heavy atom. The van der Waals surface area contributed by atoms with Crippen molar-refractivity contribution in [1.82, 2.24) is 5.16 Å². The zero-order valence-electron chi connectivity index (χ0n) is 13.1. The minimum absolute atomic E-state index is 0.166. The number of nitrogens with zero attached hydrogens (tertiary/aromatic N) is 2. The zero-order valence-corrected chi connectivity index (χ0v) is 13.1. The number of aryl methyl sites for hydroxylation is 1. The Bertz CT molecular complexity index is 675.